The molecule has 0 aliphatic carbocycles. The fourth-order valence-corrected chi connectivity index (χ4v) is 4.11. The van der Waals surface area contributed by atoms with Crippen molar-refractivity contribution >= 4 is 5.91 Å². The summed E-state index contributed by atoms with van der Waals surface area (Å²) in [6, 6.07) is 8.45. The van der Waals surface area contributed by atoms with Crippen LogP contribution in [-0.2, 0) is 9.53 Å². The van der Waals surface area contributed by atoms with E-state index in [9.17, 15) is 4.79 Å². The number of methoxy groups -OCH3 is 1. The standard InChI is InChI=1S/C20H30N2O3/c1-15(17-6-4-5-7-19(17)24-3)12-20(23)22-13-16(2)18(14-22)21-8-10-25-11-9-21/h4-7,15-16,18H,8-14H2,1-3H3. The number of ether oxygens (including phenoxy) is 2. The van der Waals surface area contributed by atoms with Crippen molar-refractivity contribution in [3.8, 4) is 5.75 Å². The van der Waals surface area contributed by atoms with Crippen LogP contribution in [0.4, 0.5) is 0 Å². The van der Waals surface area contributed by atoms with E-state index in [0.717, 1.165) is 50.7 Å². The first kappa shape index (κ1) is 18.2. The first-order chi connectivity index (χ1) is 12.1. The lowest BCUT2D eigenvalue weighted by Crippen LogP contribution is -2.47. The van der Waals surface area contributed by atoms with Gasteiger partial charge in [-0.3, -0.25) is 9.69 Å². The Bertz CT molecular complexity index is 586. The number of hydrogen-bond donors (Lipinski definition) is 0. The van der Waals surface area contributed by atoms with Crippen molar-refractivity contribution in [2.24, 2.45) is 5.92 Å². The molecule has 3 rings (SSSR count). The van der Waals surface area contributed by atoms with Crippen LogP contribution in [0.25, 0.3) is 0 Å². The number of amides is 1. The van der Waals surface area contributed by atoms with Gasteiger partial charge in [0, 0.05) is 38.6 Å². The van der Waals surface area contributed by atoms with Crippen LogP contribution >= 0.6 is 0 Å². The first-order valence-electron chi connectivity index (χ1n) is 9.32. The van der Waals surface area contributed by atoms with E-state index >= 15 is 0 Å². The summed E-state index contributed by atoms with van der Waals surface area (Å²) < 4.78 is 10.9. The third-order valence-electron chi connectivity index (χ3n) is 5.59. The lowest BCUT2D eigenvalue weighted by molar-refractivity contribution is -0.130. The van der Waals surface area contributed by atoms with E-state index in [4.69, 9.17) is 9.47 Å². The van der Waals surface area contributed by atoms with Gasteiger partial charge in [0.15, 0.2) is 0 Å². The average molecular weight is 346 g/mol. The second-order valence-corrected chi connectivity index (χ2v) is 7.34. The maximum Gasteiger partial charge on any atom is 0.223 e. The van der Waals surface area contributed by atoms with Crippen molar-refractivity contribution in [3.05, 3.63) is 29.8 Å². The SMILES string of the molecule is COc1ccccc1C(C)CC(=O)N1CC(C)C(N2CCOCC2)C1. The van der Waals surface area contributed by atoms with Crippen molar-refractivity contribution in [3.63, 3.8) is 0 Å². The fourth-order valence-electron chi connectivity index (χ4n) is 4.11. The summed E-state index contributed by atoms with van der Waals surface area (Å²) >= 11 is 0. The second kappa shape index (κ2) is 8.19. The molecule has 2 heterocycles. The van der Waals surface area contributed by atoms with E-state index in [2.05, 4.69) is 29.7 Å². The van der Waals surface area contributed by atoms with Gasteiger partial charge in [0.2, 0.25) is 5.91 Å². The molecule has 3 atom stereocenters. The molecule has 0 radical (unpaired) electrons. The minimum Gasteiger partial charge on any atom is -0.496 e. The molecule has 0 spiro atoms. The number of para-hydroxylation sites is 1. The predicted molar refractivity (Wildman–Crippen MR) is 98.0 cm³/mol. The zero-order chi connectivity index (χ0) is 17.8. The zero-order valence-electron chi connectivity index (χ0n) is 15.6. The third-order valence-corrected chi connectivity index (χ3v) is 5.59. The molecule has 25 heavy (non-hydrogen) atoms. The normalized spacial score (nSPS) is 25.8. The number of likely N-dealkylation sites (tertiary alicyclic amines) is 1. The highest BCUT2D eigenvalue weighted by Gasteiger charge is 2.36. The number of carbonyl (C=O) groups is 1. The lowest BCUT2D eigenvalue weighted by Gasteiger charge is -2.34. The van der Waals surface area contributed by atoms with Gasteiger partial charge in [-0.15, -0.1) is 0 Å². The summed E-state index contributed by atoms with van der Waals surface area (Å²) in [5.74, 6) is 1.79. The van der Waals surface area contributed by atoms with Crippen LogP contribution in [-0.4, -0.2) is 68.3 Å². The van der Waals surface area contributed by atoms with Gasteiger partial charge in [-0.2, -0.15) is 0 Å². The first-order valence-corrected chi connectivity index (χ1v) is 9.32. The molecule has 2 fully saturated rings. The maximum atomic E-state index is 12.8. The molecule has 0 N–H and O–H groups in total. The minimum atomic E-state index is 0.154. The molecule has 138 valence electrons. The largest absolute Gasteiger partial charge is 0.496 e. The summed E-state index contributed by atoms with van der Waals surface area (Å²) in [6.07, 6.45) is 0.531. The number of carbonyl (C=O) groups excluding carboxylic acids is 1. The van der Waals surface area contributed by atoms with Crippen LogP contribution < -0.4 is 4.74 Å². The summed E-state index contributed by atoms with van der Waals surface area (Å²) in [5.41, 5.74) is 1.11. The number of benzene rings is 1. The molecule has 2 saturated heterocycles. The number of rotatable bonds is 5. The molecule has 2 aliphatic rings. The summed E-state index contributed by atoms with van der Waals surface area (Å²) in [5, 5.41) is 0. The van der Waals surface area contributed by atoms with Gasteiger partial charge in [-0.25, -0.2) is 0 Å². The molecule has 1 amide bonds. The molecule has 0 bridgehead atoms. The Morgan fingerprint density at radius 1 is 1.28 bits per heavy atom. The lowest BCUT2D eigenvalue weighted by atomic mass is 9.96. The monoisotopic (exact) mass is 346 g/mol. The van der Waals surface area contributed by atoms with Crippen LogP contribution in [0, 0.1) is 5.92 Å². The van der Waals surface area contributed by atoms with Gasteiger partial charge < -0.3 is 14.4 Å². The highest BCUT2D eigenvalue weighted by Crippen LogP contribution is 2.30. The van der Waals surface area contributed by atoms with Gasteiger partial charge in [-0.1, -0.05) is 32.0 Å². The maximum absolute atomic E-state index is 12.8. The summed E-state index contributed by atoms with van der Waals surface area (Å²) in [7, 11) is 1.68. The van der Waals surface area contributed by atoms with E-state index in [1.807, 2.05) is 18.2 Å². The van der Waals surface area contributed by atoms with Crippen LogP contribution in [0.15, 0.2) is 24.3 Å². The third kappa shape index (κ3) is 4.15. The smallest absolute Gasteiger partial charge is 0.223 e. The van der Waals surface area contributed by atoms with Crippen molar-refractivity contribution in [1.29, 1.82) is 0 Å². The topological polar surface area (TPSA) is 42.0 Å². The average Bonchev–Trinajstić information content (AvgIpc) is 3.04. The number of nitrogens with zero attached hydrogens (tertiary/aromatic N) is 2. The van der Waals surface area contributed by atoms with Crippen LogP contribution in [0.2, 0.25) is 0 Å². The molecule has 0 aromatic heterocycles. The Balaban J connectivity index is 1.59. The molecule has 1 aromatic carbocycles. The Labute approximate surface area is 150 Å². The van der Waals surface area contributed by atoms with Crippen LogP contribution in [0.3, 0.4) is 0 Å². The molecule has 3 unspecified atom stereocenters. The van der Waals surface area contributed by atoms with E-state index in [1.54, 1.807) is 7.11 Å². The van der Waals surface area contributed by atoms with Gasteiger partial charge in [-0.05, 0) is 23.5 Å². The van der Waals surface area contributed by atoms with Crippen molar-refractivity contribution in [2.45, 2.75) is 32.2 Å². The Hall–Kier alpha value is -1.59. The molecule has 5 nitrogen and oxygen atoms in total. The minimum absolute atomic E-state index is 0.154. The number of hydrogen-bond acceptors (Lipinski definition) is 4. The Morgan fingerprint density at radius 2 is 2.00 bits per heavy atom. The van der Waals surface area contributed by atoms with E-state index in [0.29, 0.717) is 18.4 Å². The van der Waals surface area contributed by atoms with Crippen molar-refractivity contribution in [1.82, 2.24) is 9.80 Å². The predicted octanol–water partition coefficient (Wildman–Crippen LogP) is 2.37. The van der Waals surface area contributed by atoms with E-state index in [1.165, 1.54) is 0 Å². The Kier molecular flexibility index (Phi) is 5.97. The molecule has 1 aromatic rings. The number of morpholine rings is 1. The fraction of sp³-hybridized carbons (Fsp3) is 0.650. The quantitative estimate of drug-likeness (QED) is 0.821. The summed E-state index contributed by atoms with van der Waals surface area (Å²) in [4.78, 5) is 17.4. The van der Waals surface area contributed by atoms with E-state index in [-0.39, 0.29) is 11.8 Å². The highest BCUT2D eigenvalue weighted by molar-refractivity contribution is 5.77. The van der Waals surface area contributed by atoms with Gasteiger partial charge in [0.25, 0.3) is 0 Å². The van der Waals surface area contributed by atoms with Crippen LogP contribution in [0.1, 0.15) is 31.7 Å². The van der Waals surface area contributed by atoms with Crippen LogP contribution in [0.5, 0.6) is 5.75 Å². The van der Waals surface area contributed by atoms with Crippen molar-refractivity contribution in [2.75, 3.05) is 46.5 Å². The van der Waals surface area contributed by atoms with Gasteiger partial charge in [0.1, 0.15) is 5.75 Å². The second-order valence-electron chi connectivity index (χ2n) is 7.34. The van der Waals surface area contributed by atoms with E-state index < -0.39 is 0 Å². The van der Waals surface area contributed by atoms with Gasteiger partial charge in [0.05, 0.1) is 20.3 Å². The van der Waals surface area contributed by atoms with Gasteiger partial charge >= 0.3 is 0 Å². The highest BCUT2D eigenvalue weighted by atomic mass is 16.5. The molecule has 0 saturated carbocycles. The summed E-state index contributed by atoms with van der Waals surface area (Å²) in [6.45, 7) is 9.65. The molecule has 5 heteroatoms. The van der Waals surface area contributed by atoms with Crippen molar-refractivity contribution < 1.29 is 14.3 Å². The Morgan fingerprint density at radius 3 is 2.72 bits per heavy atom. The molecule has 2 aliphatic heterocycles. The molecular formula is C20H30N2O3. The zero-order valence-corrected chi connectivity index (χ0v) is 15.6. The molecular weight excluding hydrogens is 316 g/mol.